The molecule has 3 aromatic rings. The van der Waals surface area contributed by atoms with Gasteiger partial charge < -0.3 is 14.8 Å². The second-order valence-electron chi connectivity index (χ2n) is 10.5. The van der Waals surface area contributed by atoms with Crippen LogP contribution in [0.1, 0.15) is 29.6 Å². The lowest BCUT2D eigenvalue weighted by molar-refractivity contribution is 0.0132. The largest absolute Gasteiger partial charge is 0.449 e. The van der Waals surface area contributed by atoms with Gasteiger partial charge in [0, 0.05) is 48.4 Å². The minimum absolute atomic E-state index is 0.155. The van der Waals surface area contributed by atoms with Crippen molar-refractivity contribution >= 4 is 29.8 Å². The quantitative estimate of drug-likeness (QED) is 0.319. The van der Waals surface area contributed by atoms with Crippen LogP contribution in [0.25, 0.3) is 11.1 Å². The average Bonchev–Trinajstić information content (AvgIpc) is 3.02. The average molecular weight is 557 g/mol. The Morgan fingerprint density at radius 3 is 2.37 bits per heavy atom. The number of aldehydes is 1. The van der Waals surface area contributed by atoms with Gasteiger partial charge >= 0.3 is 12.2 Å². The predicted octanol–water partition coefficient (Wildman–Crippen LogP) is 5.41. The van der Waals surface area contributed by atoms with Crippen molar-refractivity contribution in [1.82, 2.24) is 10.2 Å². The summed E-state index contributed by atoms with van der Waals surface area (Å²) in [4.78, 5) is 38.4. The number of anilines is 2. The number of hydrogen-bond donors (Lipinski definition) is 3. The van der Waals surface area contributed by atoms with E-state index in [-0.39, 0.29) is 18.1 Å². The van der Waals surface area contributed by atoms with Crippen molar-refractivity contribution in [3.63, 3.8) is 0 Å². The Hall–Kier alpha value is -4.21. The lowest BCUT2D eigenvalue weighted by Crippen LogP contribution is -2.55. The number of likely N-dealkylation sites (tertiary alicyclic amines) is 1. The van der Waals surface area contributed by atoms with Gasteiger partial charge in [-0.25, -0.2) is 9.59 Å². The summed E-state index contributed by atoms with van der Waals surface area (Å²) in [7, 11) is 0. The van der Waals surface area contributed by atoms with E-state index in [2.05, 4.69) is 20.9 Å². The van der Waals surface area contributed by atoms with Gasteiger partial charge in [0.25, 0.3) is 0 Å². The number of nitrogens with zero attached hydrogens (tertiary/aromatic N) is 1. The fourth-order valence-corrected chi connectivity index (χ4v) is 5.58. The minimum Gasteiger partial charge on any atom is -0.449 e. The van der Waals surface area contributed by atoms with E-state index >= 15 is 0 Å². The molecule has 214 valence electrons. The molecule has 9 heteroatoms. The van der Waals surface area contributed by atoms with Crippen LogP contribution in [-0.2, 0) is 9.47 Å². The third-order valence-electron chi connectivity index (χ3n) is 7.78. The number of para-hydroxylation sites is 1. The smallest absolute Gasteiger partial charge is 0.411 e. The van der Waals surface area contributed by atoms with Crippen LogP contribution in [0.3, 0.4) is 0 Å². The molecule has 2 amide bonds. The zero-order valence-corrected chi connectivity index (χ0v) is 23.0. The van der Waals surface area contributed by atoms with Crippen LogP contribution in [0.2, 0.25) is 0 Å². The van der Waals surface area contributed by atoms with Crippen LogP contribution in [0.5, 0.6) is 0 Å². The molecule has 2 saturated heterocycles. The molecule has 0 aliphatic carbocycles. The van der Waals surface area contributed by atoms with Crippen molar-refractivity contribution in [3.05, 3.63) is 84.4 Å². The first-order valence-electron chi connectivity index (χ1n) is 14.1. The summed E-state index contributed by atoms with van der Waals surface area (Å²) >= 11 is 0. The van der Waals surface area contributed by atoms with E-state index in [1.54, 1.807) is 24.3 Å². The maximum absolute atomic E-state index is 12.8. The summed E-state index contributed by atoms with van der Waals surface area (Å²) in [5.74, 6) is 0.203. The summed E-state index contributed by atoms with van der Waals surface area (Å²) < 4.78 is 11.4. The molecule has 0 bridgehead atoms. The minimum atomic E-state index is -0.506. The first kappa shape index (κ1) is 28.3. The molecule has 3 aromatic carbocycles. The Kier molecular flexibility index (Phi) is 9.61. The number of carbonyl (C=O) groups is 3. The third kappa shape index (κ3) is 7.71. The van der Waals surface area contributed by atoms with Crippen molar-refractivity contribution in [2.75, 3.05) is 43.4 Å². The van der Waals surface area contributed by atoms with E-state index in [1.807, 2.05) is 54.6 Å². The summed E-state index contributed by atoms with van der Waals surface area (Å²) in [6.45, 7) is 3.63. The molecule has 9 nitrogen and oxygen atoms in total. The van der Waals surface area contributed by atoms with Crippen molar-refractivity contribution in [2.24, 2.45) is 5.92 Å². The van der Waals surface area contributed by atoms with Gasteiger partial charge in [0.15, 0.2) is 0 Å². The van der Waals surface area contributed by atoms with Gasteiger partial charge in [-0.2, -0.15) is 0 Å². The first-order valence-corrected chi connectivity index (χ1v) is 14.1. The van der Waals surface area contributed by atoms with Gasteiger partial charge in [0.2, 0.25) is 0 Å². The van der Waals surface area contributed by atoms with E-state index in [4.69, 9.17) is 9.47 Å². The summed E-state index contributed by atoms with van der Waals surface area (Å²) in [5.41, 5.74) is 3.82. The third-order valence-corrected chi connectivity index (χ3v) is 7.78. The van der Waals surface area contributed by atoms with Crippen LogP contribution >= 0.6 is 0 Å². The van der Waals surface area contributed by atoms with Crippen molar-refractivity contribution in [1.29, 1.82) is 0 Å². The van der Waals surface area contributed by atoms with Crippen LogP contribution in [0.4, 0.5) is 21.0 Å². The summed E-state index contributed by atoms with van der Waals surface area (Å²) in [5, 5.41) is 9.12. The molecular weight excluding hydrogens is 520 g/mol. The maximum atomic E-state index is 12.8. The van der Waals surface area contributed by atoms with E-state index in [0.29, 0.717) is 17.9 Å². The Morgan fingerprint density at radius 2 is 1.61 bits per heavy atom. The maximum Gasteiger partial charge on any atom is 0.411 e. The second-order valence-corrected chi connectivity index (χ2v) is 10.5. The highest BCUT2D eigenvalue weighted by atomic mass is 16.6. The molecule has 0 aromatic heterocycles. The van der Waals surface area contributed by atoms with Gasteiger partial charge in [-0.1, -0.05) is 48.5 Å². The van der Waals surface area contributed by atoms with Gasteiger partial charge in [0.1, 0.15) is 12.4 Å². The van der Waals surface area contributed by atoms with E-state index in [0.717, 1.165) is 68.5 Å². The standard InChI is InChI=1S/C32H36N4O5/c37-21-23-10-12-26(13-11-23)34-31(38)40-22-25-14-17-33-20-30(25)36-18-15-27(16-19-36)41-32(39)35-29-9-5-4-8-28(29)24-6-2-1-3-7-24/h1-13,21,25,27,30,33H,14-20,22H2,(H,34,38)(H,35,39). The number of rotatable bonds is 8. The van der Waals surface area contributed by atoms with Crippen molar-refractivity contribution in [3.8, 4) is 11.1 Å². The molecule has 2 heterocycles. The Balaban J connectivity index is 1.09. The molecule has 2 aliphatic heterocycles. The normalized spacial score (nSPS) is 19.6. The summed E-state index contributed by atoms with van der Waals surface area (Å²) in [6.07, 6.45) is 2.06. The SMILES string of the molecule is O=Cc1ccc(NC(=O)OCC2CCNCC2N2CCC(OC(=O)Nc3ccccc3-c3ccccc3)CC2)cc1. The van der Waals surface area contributed by atoms with Gasteiger partial charge in [-0.15, -0.1) is 0 Å². The number of benzene rings is 3. The van der Waals surface area contributed by atoms with Gasteiger partial charge in [-0.3, -0.25) is 20.3 Å². The number of carbonyl (C=O) groups excluding carboxylic acids is 3. The zero-order valence-electron chi connectivity index (χ0n) is 23.0. The molecule has 2 unspecified atom stereocenters. The van der Waals surface area contributed by atoms with Crippen molar-refractivity contribution < 1.29 is 23.9 Å². The van der Waals surface area contributed by atoms with Crippen LogP contribution in [-0.4, -0.2) is 68.3 Å². The second kappa shape index (κ2) is 13.9. The molecule has 2 atom stereocenters. The Labute approximate surface area is 240 Å². The molecule has 41 heavy (non-hydrogen) atoms. The number of hydrogen-bond acceptors (Lipinski definition) is 7. The fourth-order valence-electron chi connectivity index (χ4n) is 5.58. The van der Waals surface area contributed by atoms with Gasteiger partial charge in [-0.05, 0) is 61.7 Å². The molecule has 0 radical (unpaired) electrons. The topological polar surface area (TPSA) is 109 Å². The Morgan fingerprint density at radius 1 is 0.878 bits per heavy atom. The predicted molar refractivity (Wildman–Crippen MR) is 158 cm³/mol. The van der Waals surface area contributed by atoms with E-state index in [1.165, 1.54) is 0 Å². The molecule has 5 rings (SSSR count). The zero-order chi connectivity index (χ0) is 28.4. The van der Waals surface area contributed by atoms with Crippen LogP contribution < -0.4 is 16.0 Å². The highest BCUT2D eigenvalue weighted by Gasteiger charge is 2.34. The lowest BCUT2D eigenvalue weighted by atomic mass is 9.90. The molecular formula is C32H36N4O5. The first-order chi connectivity index (χ1) is 20.1. The number of amides is 2. The van der Waals surface area contributed by atoms with Gasteiger partial charge in [0.05, 0.1) is 12.3 Å². The highest BCUT2D eigenvalue weighted by molar-refractivity contribution is 5.91. The van der Waals surface area contributed by atoms with E-state index < -0.39 is 12.2 Å². The number of piperidine rings is 2. The number of ether oxygens (including phenoxy) is 2. The Bertz CT molecular complexity index is 1310. The molecule has 0 spiro atoms. The van der Waals surface area contributed by atoms with Crippen molar-refractivity contribution in [2.45, 2.75) is 31.4 Å². The van der Waals surface area contributed by atoms with Crippen LogP contribution in [0, 0.1) is 5.92 Å². The highest BCUT2D eigenvalue weighted by Crippen LogP contribution is 2.28. The molecule has 3 N–H and O–H groups in total. The number of nitrogens with one attached hydrogen (secondary N) is 3. The lowest BCUT2D eigenvalue weighted by Gasteiger charge is -2.43. The molecule has 2 aliphatic rings. The van der Waals surface area contributed by atoms with E-state index in [9.17, 15) is 14.4 Å². The fraction of sp³-hybridized carbons (Fsp3) is 0.344. The molecule has 2 fully saturated rings. The summed E-state index contributed by atoms with van der Waals surface area (Å²) in [6, 6.07) is 24.5. The molecule has 0 saturated carbocycles. The van der Waals surface area contributed by atoms with Crippen LogP contribution in [0.15, 0.2) is 78.9 Å². The monoisotopic (exact) mass is 556 g/mol.